The van der Waals surface area contributed by atoms with E-state index in [-0.39, 0.29) is 7.43 Å². The fourth-order valence-electron chi connectivity index (χ4n) is 0.480. The zero-order valence-corrected chi connectivity index (χ0v) is 9.15. The lowest BCUT2D eigenvalue weighted by molar-refractivity contribution is -0.157. The summed E-state index contributed by atoms with van der Waals surface area (Å²) in [6.07, 6.45) is 0.345. The van der Waals surface area contributed by atoms with Crippen LogP contribution < -0.4 is 4.13 Å². The van der Waals surface area contributed by atoms with Gasteiger partial charge in [-0.15, -0.1) is 4.13 Å². The molecule has 0 spiro atoms. The number of carbonyl (C=O) groups excluding carboxylic acids is 1. The van der Waals surface area contributed by atoms with Gasteiger partial charge in [-0.1, -0.05) is 7.43 Å². The Hall–Kier alpha value is -0.810. The maximum absolute atomic E-state index is 12.7. The van der Waals surface area contributed by atoms with E-state index >= 15 is 0 Å². The van der Waals surface area contributed by atoms with Crippen LogP contribution in [0.4, 0.5) is 8.78 Å². The van der Waals surface area contributed by atoms with Gasteiger partial charge in [0.05, 0.1) is 13.4 Å². The van der Waals surface area contributed by atoms with Crippen molar-refractivity contribution in [3.8, 4) is 0 Å². The van der Waals surface area contributed by atoms with E-state index in [1.165, 1.54) is 0 Å². The highest BCUT2D eigenvalue weighted by Crippen LogP contribution is 2.22. The van der Waals surface area contributed by atoms with E-state index in [9.17, 15) is 30.4 Å². The van der Waals surface area contributed by atoms with Gasteiger partial charge in [-0.2, -0.15) is 8.78 Å². The van der Waals surface area contributed by atoms with Gasteiger partial charge in [-0.25, -0.2) is 21.6 Å². The van der Waals surface area contributed by atoms with E-state index in [2.05, 4.69) is 4.74 Å². The zero-order chi connectivity index (χ0) is 12.5. The van der Waals surface area contributed by atoms with E-state index in [0.717, 1.165) is 0 Å². The van der Waals surface area contributed by atoms with Crippen LogP contribution in [0, 0.1) is 0 Å². The van der Waals surface area contributed by atoms with Crippen LogP contribution >= 0.6 is 0 Å². The second-order valence-corrected chi connectivity index (χ2v) is 6.10. The molecule has 0 fully saturated rings. The van der Waals surface area contributed by atoms with Gasteiger partial charge in [0.1, 0.15) is 0 Å². The van der Waals surface area contributed by atoms with Gasteiger partial charge in [-0.3, -0.25) is 0 Å². The van der Waals surface area contributed by atoms with Gasteiger partial charge >= 0.3 is 21.2 Å². The number of carbonyl (C=O) groups is 1. The van der Waals surface area contributed by atoms with Crippen LogP contribution in [-0.4, -0.2) is 41.4 Å². The number of hydrogen-bond donors (Lipinski definition) is 1. The number of ether oxygens (including phenoxy) is 1. The number of methoxy groups -OCH3 is 1. The van der Waals surface area contributed by atoms with E-state index in [0.29, 0.717) is 17.5 Å². The lowest BCUT2D eigenvalue weighted by Gasteiger charge is -2.13. The first kappa shape index (κ1) is 17.6. The molecule has 0 atom stereocenters. The van der Waals surface area contributed by atoms with Crippen LogP contribution in [-0.2, 0) is 29.6 Å². The van der Waals surface area contributed by atoms with E-state index < -0.39 is 31.3 Å². The molecule has 0 aliphatic rings. The number of rotatable bonds is 4. The zero-order valence-electron chi connectivity index (χ0n) is 7.52. The number of esters is 1. The first-order valence-electron chi connectivity index (χ1n) is 3.13. The third kappa shape index (κ3) is 3.98. The summed E-state index contributed by atoms with van der Waals surface area (Å²) in [7, 11) is -9.57. The molecule has 0 unspecified atom stereocenters. The lowest BCUT2D eigenvalue weighted by Crippen LogP contribution is -2.47. The second kappa shape index (κ2) is 5.01. The van der Waals surface area contributed by atoms with Gasteiger partial charge in [-0.05, 0) is 0 Å². The fraction of sp³-hybridized carbons (Fsp3) is 0.800. The van der Waals surface area contributed by atoms with Crippen molar-refractivity contribution in [1.82, 2.24) is 4.13 Å². The quantitative estimate of drug-likeness (QED) is 0.681. The molecule has 0 aliphatic carbocycles. The lowest BCUT2D eigenvalue weighted by atomic mass is 10.7. The van der Waals surface area contributed by atoms with Crippen molar-refractivity contribution in [3.05, 3.63) is 0 Å². The third-order valence-corrected chi connectivity index (χ3v) is 3.95. The van der Waals surface area contributed by atoms with Crippen molar-refractivity contribution in [1.29, 1.82) is 0 Å². The molecule has 0 aromatic carbocycles. The van der Waals surface area contributed by atoms with E-state index in [1.54, 1.807) is 0 Å². The Balaban J connectivity index is 0. The van der Waals surface area contributed by atoms with Crippen molar-refractivity contribution >= 4 is 26.0 Å². The van der Waals surface area contributed by atoms with Crippen LogP contribution in [0.5, 0.6) is 0 Å². The third-order valence-electron chi connectivity index (χ3n) is 1.02. The monoisotopic (exact) mass is 283 g/mol. The Morgan fingerprint density at radius 1 is 1.25 bits per heavy atom. The Morgan fingerprint density at radius 2 is 1.62 bits per heavy atom. The summed E-state index contributed by atoms with van der Waals surface area (Å²) >= 11 is 0. The van der Waals surface area contributed by atoms with Crippen LogP contribution in [0.2, 0.25) is 0 Å². The highest BCUT2D eigenvalue weighted by atomic mass is 32.3. The number of hydrogen-bond acceptors (Lipinski definition) is 6. The van der Waals surface area contributed by atoms with Gasteiger partial charge in [0.25, 0.3) is 0 Å². The van der Waals surface area contributed by atoms with Gasteiger partial charge in [0.15, 0.2) is 0 Å². The van der Waals surface area contributed by atoms with Gasteiger partial charge in [0, 0.05) is 0 Å². The van der Waals surface area contributed by atoms with E-state index in [4.69, 9.17) is 0 Å². The smallest absolute Gasteiger partial charge is 0.455 e. The number of sulfonamides is 2. The summed E-state index contributed by atoms with van der Waals surface area (Å²) < 4.78 is 71.9. The van der Waals surface area contributed by atoms with Crippen LogP contribution in [0.3, 0.4) is 0 Å². The predicted molar refractivity (Wildman–Crippen MR) is 50.6 cm³/mol. The van der Waals surface area contributed by atoms with Gasteiger partial charge < -0.3 is 4.74 Å². The summed E-state index contributed by atoms with van der Waals surface area (Å²) in [6.45, 7) is 0. The maximum atomic E-state index is 12.7. The normalized spacial score (nSPS) is 12.8. The molecule has 0 aromatic heterocycles. The molecule has 16 heavy (non-hydrogen) atoms. The van der Waals surface area contributed by atoms with Crippen LogP contribution in [0.25, 0.3) is 0 Å². The highest BCUT2D eigenvalue weighted by molar-refractivity contribution is 8.05. The summed E-state index contributed by atoms with van der Waals surface area (Å²) in [5.74, 6) is -2.38. The van der Waals surface area contributed by atoms with Crippen molar-refractivity contribution in [2.45, 2.75) is 12.7 Å². The summed E-state index contributed by atoms with van der Waals surface area (Å²) in [5.41, 5.74) is 0. The molecule has 1 N–H and O–H groups in total. The SMILES string of the molecule is C.COC(=O)C(F)(F)S(=O)(=O)NS(C)(=O)=O. The Labute approximate surface area is 91.9 Å². The number of alkyl halides is 2. The Morgan fingerprint density at radius 3 is 1.88 bits per heavy atom. The predicted octanol–water partition coefficient (Wildman–Crippen LogP) is -0.733. The second-order valence-electron chi connectivity index (χ2n) is 2.37. The molecule has 0 bridgehead atoms. The fourth-order valence-corrected chi connectivity index (χ4v) is 2.80. The minimum Gasteiger partial charge on any atom is -0.464 e. The minimum atomic E-state index is -5.67. The molecule has 11 heteroatoms. The summed E-state index contributed by atoms with van der Waals surface area (Å²) in [5, 5.41) is -4.97. The molecule has 0 aliphatic heterocycles. The molecule has 0 saturated carbocycles. The molecule has 0 saturated heterocycles. The number of halogens is 2. The van der Waals surface area contributed by atoms with Crippen molar-refractivity contribution in [2.24, 2.45) is 0 Å². The van der Waals surface area contributed by atoms with Crippen molar-refractivity contribution < 1.29 is 35.1 Å². The first-order chi connectivity index (χ1) is 6.44. The molecular weight excluding hydrogens is 272 g/mol. The van der Waals surface area contributed by atoms with Gasteiger partial charge in [0.2, 0.25) is 10.0 Å². The summed E-state index contributed by atoms with van der Waals surface area (Å²) in [6, 6.07) is 0. The highest BCUT2D eigenvalue weighted by Gasteiger charge is 2.55. The first-order valence-corrected chi connectivity index (χ1v) is 6.51. The van der Waals surface area contributed by atoms with Crippen LogP contribution in [0.1, 0.15) is 7.43 Å². The molecular formula is C5H11F2NO6S2. The molecule has 98 valence electrons. The standard InChI is InChI=1S/C4H7F2NO6S2.CH4/c1-13-3(8)4(5,6)15(11,12)7-14(2,9)10;/h7H,1-2H3;1H4. The molecule has 0 heterocycles. The van der Waals surface area contributed by atoms with Crippen molar-refractivity contribution in [3.63, 3.8) is 0 Å². The molecule has 0 radical (unpaired) electrons. The maximum Gasteiger partial charge on any atom is 0.455 e. The Kier molecular flexibility index (Phi) is 5.51. The summed E-state index contributed by atoms with van der Waals surface area (Å²) in [4.78, 5) is 10.4. The van der Waals surface area contributed by atoms with Crippen LogP contribution in [0.15, 0.2) is 0 Å². The number of nitrogens with one attached hydrogen (secondary N) is 1. The van der Waals surface area contributed by atoms with Crippen molar-refractivity contribution in [2.75, 3.05) is 13.4 Å². The molecule has 7 nitrogen and oxygen atoms in total. The topological polar surface area (TPSA) is 107 Å². The Bertz CT molecular complexity index is 453. The average molecular weight is 283 g/mol. The molecule has 0 rings (SSSR count). The molecule has 0 amide bonds. The largest absolute Gasteiger partial charge is 0.464 e. The average Bonchev–Trinajstić information content (AvgIpc) is 1.97. The van der Waals surface area contributed by atoms with E-state index in [1.807, 2.05) is 0 Å². The molecule has 0 aromatic rings. The minimum absolute atomic E-state index is 0.